The Morgan fingerprint density at radius 1 is 0.750 bits per heavy atom. The lowest BCUT2D eigenvalue weighted by atomic mass is 9.84. The lowest BCUT2D eigenvalue weighted by Gasteiger charge is -2.22. The third-order valence-corrected chi connectivity index (χ3v) is 3.06. The van der Waals surface area contributed by atoms with E-state index in [0.29, 0.717) is 0 Å². The van der Waals surface area contributed by atoms with E-state index in [1.54, 1.807) is 0 Å². The summed E-state index contributed by atoms with van der Waals surface area (Å²) in [7, 11) is 0. The van der Waals surface area contributed by atoms with E-state index in [2.05, 4.69) is 0 Å². The van der Waals surface area contributed by atoms with Gasteiger partial charge < -0.3 is 30.6 Å². The highest BCUT2D eigenvalue weighted by Gasteiger charge is 2.32. The van der Waals surface area contributed by atoms with E-state index < -0.39 is 36.0 Å². The van der Waals surface area contributed by atoms with Crippen molar-refractivity contribution < 1.29 is 40.2 Å². The molecule has 0 bridgehead atoms. The third kappa shape index (κ3) is 6.80. The summed E-state index contributed by atoms with van der Waals surface area (Å²) >= 11 is 0. The molecule has 20 heavy (non-hydrogen) atoms. The van der Waals surface area contributed by atoms with Gasteiger partial charge in [0.05, 0.1) is 18.6 Å². The first-order valence-corrected chi connectivity index (χ1v) is 6.03. The Morgan fingerprint density at radius 2 is 1.05 bits per heavy atom. The molecule has 8 nitrogen and oxygen atoms in total. The third-order valence-electron chi connectivity index (χ3n) is 3.06. The minimum absolute atomic E-state index is 0.164. The Hall–Kier alpha value is -1.22. The van der Waals surface area contributed by atoms with Crippen molar-refractivity contribution in [1.82, 2.24) is 0 Å². The number of carboxylic acids is 2. The Labute approximate surface area is 117 Å². The highest BCUT2D eigenvalue weighted by Crippen LogP contribution is 2.25. The summed E-state index contributed by atoms with van der Waals surface area (Å²) in [6.45, 7) is 1.38. The molecule has 8 heteroatoms. The predicted octanol–water partition coefficient (Wildman–Crippen LogP) is -1.10. The molecule has 0 aliphatic heterocycles. The number of aliphatic hydroxyl groups is 4. The number of carboxylic acid groups (broad SMARTS) is 2. The normalized spacial score (nSPS) is 11.5. The molecular weight excluding hydrogens is 272 g/mol. The van der Waals surface area contributed by atoms with Crippen LogP contribution in [0.1, 0.15) is 26.7 Å². The second-order valence-corrected chi connectivity index (χ2v) is 5.00. The highest BCUT2D eigenvalue weighted by molar-refractivity contribution is 5.74. The summed E-state index contributed by atoms with van der Waals surface area (Å²) in [5.41, 5.74) is -2.37. The van der Waals surface area contributed by atoms with Crippen LogP contribution < -0.4 is 0 Å². The van der Waals surface area contributed by atoms with E-state index >= 15 is 0 Å². The predicted molar refractivity (Wildman–Crippen MR) is 69.1 cm³/mol. The molecule has 0 aromatic heterocycles. The number of hydrogen-bond acceptors (Lipinski definition) is 6. The highest BCUT2D eigenvalue weighted by atomic mass is 16.4. The molecular formula is C12H24O8. The Morgan fingerprint density at radius 3 is 1.15 bits per heavy atom. The van der Waals surface area contributed by atoms with Crippen LogP contribution in [-0.4, -0.2) is 69.0 Å². The maximum absolute atomic E-state index is 10.6. The quantitative estimate of drug-likeness (QED) is 0.330. The molecule has 0 fully saturated rings. The second kappa shape index (κ2) is 9.65. The van der Waals surface area contributed by atoms with Crippen molar-refractivity contribution in [3.05, 3.63) is 0 Å². The molecule has 0 aromatic carbocycles. The Kier molecular flexibility index (Phi) is 10.2. The van der Waals surface area contributed by atoms with Crippen LogP contribution in [0.15, 0.2) is 0 Å². The fourth-order valence-electron chi connectivity index (χ4n) is 1.02. The van der Waals surface area contributed by atoms with Gasteiger partial charge in [-0.1, -0.05) is 0 Å². The van der Waals surface area contributed by atoms with Crippen molar-refractivity contribution in [2.75, 3.05) is 26.4 Å². The van der Waals surface area contributed by atoms with Crippen LogP contribution in [0.4, 0.5) is 0 Å². The SMILES string of the molecule is CC(CCO)(CCO)C(=O)O.CC(CO)(CO)C(=O)O. The first kappa shape index (κ1) is 21.1. The average molecular weight is 296 g/mol. The maximum atomic E-state index is 10.6. The maximum Gasteiger partial charge on any atom is 0.314 e. The van der Waals surface area contributed by atoms with E-state index in [0.717, 1.165) is 0 Å². The Bertz CT molecular complexity index is 292. The van der Waals surface area contributed by atoms with E-state index in [4.69, 9.17) is 30.6 Å². The molecule has 6 N–H and O–H groups in total. The zero-order valence-electron chi connectivity index (χ0n) is 11.7. The second-order valence-electron chi connectivity index (χ2n) is 5.00. The van der Waals surface area contributed by atoms with Crippen LogP contribution in [0.2, 0.25) is 0 Å². The van der Waals surface area contributed by atoms with Crippen LogP contribution in [0, 0.1) is 10.8 Å². The first-order valence-electron chi connectivity index (χ1n) is 6.03. The first-order chi connectivity index (χ1) is 9.13. The molecule has 0 spiro atoms. The minimum Gasteiger partial charge on any atom is -0.481 e. The standard InChI is InChI=1S/C7H14O4.C5H10O4/c1-7(2-4-8,3-5-9)6(10)11;1-5(2-6,3-7)4(8)9/h8-9H,2-5H2,1H3,(H,10,11);6-7H,2-3H2,1H3,(H,8,9). The molecule has 0 aromatic rings. The van der Waals surface area contributed by atoms with Crippen LogP contribution in [0.3, 0.4) is 0 Å². The van der Waals surface area contributed by atoms with Crippen molar-refractivity contribution in [3.63, 3.8) is 0 Å². The van der Waals surface area contributed by atoms with Gasteiger partial charge in [0.1, 0.15) is 5.41 Å². The summed E-state index contributed by atoms with van der Waals surface area (Å²) in [5.74, 6) is -2.16. The summed E-state index contributed by atoms with van der Waals surface area (Å²) in [6.07, 6.45) is 0.367. The molecule has 0 aliphatic rings. The van der Waals surface area contributed by atoms with Gasteiger partial charge in [0, 0.05) is 13.2 Å². The van der Waals surface area contributed by atoms with Gasteiger partial charge in [0.2, 0.25) is 0 Å². The van der Waals surface area contributed by atoms with Crippen LogP contribution in [0.25, 0.3) is 0 Å². The monoisotopic (exact) mass is 296 g/mol. The van der Waals surface area contributed by atoms with Gasteiger partial charge in [0.15, 0.2) is 0 Å². The molecule has 0 saturated carbocycles. The molecule has 0 radical (unpaired) electrons. The van der Waals surface area contributed by atoms with E-state index in [9.17, 15) is 9.59 Å². The number of hydrogen-bond donors (Lipinski definition) is 6. The van der Waals surface area contributed by atoms with Crippen molar-refractivity contribution in [2.24, 2.45) is 10.8 Å². The van der Waals surface area contributed by atoms with Crippen LogP contribution in [-0.2, 0) is 9.59 Å². The zero-order valence-corrected chi connectivity index (χ0v) is 11.7. The number of rotatable bonds is 8. The van der Waals surface area contributed by atoms with Crippen LogP contribution >= 0.6 is 0 Å². The largest absolute Gasteiger partial charge is 0.481 e. The van der Waals surface area contributed by atoms with Gasteiger partial charge in [-0.2, -0.15) is 0 Å². The van der Waals surface area contributed by atoms with Gasteiger partial charge in [-0.15, -0.1) is 0 Å². The summed E-state index contributed by atoms with van der Waals surface area (Å²) in [4.78, 5) is 20.7. The zero-order chi connectivity index (χ0) is 16.4. The Balaban J connectivity index is 0. The average Bonchev–Trinajstić information content (AvgIpc) is 2.38. The van der Waals surface area contributed by atoms with Crippen molar-refractivity contribution in [2.45, 2.75) is 26.7 Å². The lowest BCUT2D eigenvalue weighted by Crippen LogP contribution is -2.35. The van der Waals surface area contributed by atoms with E-state index in [-0.39, 0.29) is 26.1 Å². The summed E-state index contributed by atoms with van der Waals surface area (Å²) in [6, 6.07) is 0. The van der Waals surface area contributed by atoms with Crippen molar-refractivity contribution in [3.8, 4) is 0 Å². The molecule has 0 aliphatic carbocycles. The van der Waals surface area contributed by atoms with Crippen molar-refractivity contribution >= 4 is 11.9 Å². The van der Waals surface area contributed by atoms with E-state index in [1.165, 1.54) is 13.8 Å². The van der Waals surface area contributed by atoms with Crippen LogP contribution in [0.5, 0.6) is 0 Å². The molecule has 0 rings (SSSR count). The summed E-state index contributed by atoms with van der Waals surface area (Å²) < 4.78 is 0. The van der Waals surface area contributed by atoms with Gasteiger partial charge in [-0.25, -0.2) is 0 Å². The fourth-order valence-corrected chi connectivity index (χ4v) is 1.02. The summed E-state index contributed by atoms with van der Waals surface area (Å²) in [5, 5.41) is 50.9. The molecule has 0 saturated heterocycles. The topological polar surface area (TPSA) is 156 Å². The molecule has 0 unspecified atom stereocenters. The fraction of sp³-hybridized carbons (Fsp3) is 0.833. The van der Waals surface area contributed by atoms with E-state index in [1.807, 2.05) is 0 Å². The molecule has 120 valence electrons. The van der Waals surface area contributed by atoms with Crippen molar-refractivity contribution in [1.29, 1.82) is 0 Å². The molecule has 0 atom stereocenters. The number of aliphatic carboxylic acids is 2. The number of carbonyl (C=O) groups is 2. The lowest BCUT2D eigenvalue weighted by molar-refractivity contribution is -0.153. The molecule has 0 heterocycles. The van der Waals surface area contributed by atoms with Gasteiger partial charge in [0.25, 0.3) is 0 Å². The van der Waals surface area contributed by atoms with Gasteiger partial charge in [-0.05, 0) is 26.7 Å². The minimum atomic E-state index is -1.39. The van der Waals surface area contributed by atoms with Gasteiger partial charge >= 0.3 is 11.9 Å². The molecule has 0 amide bonds. The van der Waals surface area contributed by atoms with Gasteiger partial charge in [-0.3, -0.25) is 9.59 Å². The number of aliphatic hydroxyl groups excluding tert-OH is 4. The smallest absolute Gasteiger partial charge is 0.314 e.